The molecule has 8 heteroatoms. The maximum atomic E-state index is 12.9. The number of nitrogens with zero attached hydrogens (tertiary/aromatic N) is 3. The minimum Gasteiger partial charge on any atom is -0.342 e. The number of benzene rings is 3. The summed E-state index contributed by atoms with van der Waals surface area (Å²) < 4.78 is 27.1. The number of carbonyl (C=O) groups is 1. The number of para-hydroxylation sites is 1. The van der Waals surface area contributed by atoms with E-state index in [1.165, 1.54) is 23.5 Å². The van der Waals surface area contributed by atoms with E-state index in [1.807, 2.05) is 42.5 Å². The predicted molar refractivity (Wildman–Crippen MR) is 138 cm³/mol. The summed E-state index contributed by atoms with van der Waals surface area (Å²) in [6, 6.07) is 26.9. The molecule has 4 aromatic rings. The van der Waals surface area contributed by atoms with Crippen LogP contribution in [-0.4, -0.2) is 50.1 Å². The lowest BCUT2D eigenvalue weighted by Crippen LogP contribution is -2.28. The molecule has 0 fully saturated rings. The van der Waals surface area contributed by atoms with Gasteiger partial charge in [0.2, 0.25) is 0 Å². The molecule has 1 N–H and O–H groups in total. The quantitative estimate of drug-likeness (QED) is 0.373. The molecule has 0 unspecified atom stereocenters. The summed E-state index contributed by atoms with van der Waals surface area (Å²) in [7, 11) is -0.456. The Morgan fingerprint density at radius 1 is 0.886 bits per heavy atom. The molecule has 0 saturated carbocycles. The number of aryl methyl sites for hydroxylation is 1. The van der Waals surface area contributed by atoms with Gasteiger partial charge in [-0.15, -0.1) is 0 Å². The maximum absolute atomic E-state index is 12.9. The van der Waals surface area contributed by atoms with E-state index in [0.29, 0.717) is 17.8 Å². The van der Waals surface area contributed by atoms with Gasteiger partial charge in [-0.25, -0.2) is 8.42 Å². The number of rotatable bonds is 9. The van der Waals surface area contributed by atoms with E-state index >= 15 is 0 Å². The van der Waals surface area contributed by atoms with Crippen molar-refractivity contribution in [2.45, 2.75) is 17.7 Å². The van der Waals surface area contributed by atoms with Gasteiger partial charge in [0.1, 0.15) is 0 Å². The first-order chi connectivity index (χ1) is 16.9. The molecule has 1 amide bonds. The van der Waals surface area contributed by atoms with Gasteiger partial charge in [-0.2, -0.15) is 5.10 Å². The summed E-state index contributed by atoms with van der Waals surface area (Å²) in [5, 5.41) is 7.43. The third-order valence-corrected chi connectivity index (χ3v) is 7.67. The summed E-state index contributed by atoms with van der Waals surface area (Å²) in [5.74, 6) is -0.153. The highest BCUT2D eigenvalue weighted by atomic mass is 32.2. The topological polar surface area (TPSA) is 86.4 Å². The van der Waals surface area contributed by atoms with Crippen LogP contribution in [0.1, 0.15) is 22.5 Å². The lowest BCUT2D eigenvalue weighted by Gasteiger charge is -2.20. The van der Waals surface area contributed by atoms with Crippen LogP contribution in [-0.2, 0) is 16.4 Å². The predicted octanol–water partition coefficient (Wildman–Crippen LogP) is 4.61. The molecule has 0 spiro atoms. The van der Waals surface area contributed by atoms with Crippen LogP contribution >= 0.6 is 0 Å². The minimum absolute atomic E-state index is 0.136. The van der Waals surface area contributed by atoms with Crippen molar-refractivity contribution in [2.24, 2.45) is 0 Å². The first-order valence-electron chi connectivity index (χ1n) is 11.4. The molecule has 0 aliphatic carbocycles. The summed E-state index contributed by atoms with van der Waals surface area (Å²) in [5.41, 5.74) is 3.99. The van der Waals surface area contributed by atoms with Crippen molar-refractivity contribution in [1.29, 1.82) is 0 Å². The average molecular weight is 489 g/mol. The number of sulfonamides is 1. The van der Waals surface area contributed by atoms with Crippen molar-refractivity contribution >= 4 is 21.6 Å². The van der Waals surface area contributed by atoms with E-state index in [-0.39, 0.29) is 10.8 Å². The Kier molecular flexibility index (Phi) is 7.31. The molecule has 7 nitrogen and oxygen atoms in total. The Morgan fingerprint density at radius 3 is 2.17 bits per heavy atom. The maximum Gasteiger partial charge on any atom is 0.264 e. The molecule has 1 aromatic heterocycles. The van der Waals surface area contributed by atoms with Gasteiger partial charge in [0.05, 0.1) is 16.3 Å². The summed E-state index contributed by atoms with van der Waals surface area (Å²) >= 11 is 0. The average Bonchev–Trinajstić information content (AvgIpc) is 3.38. The Bertz CT molecular complexity index is 1370. The van der Waals surface area contributed by atoms with Crippen molar-refractivity contribution in [3.05, 3.63) is 102 Å². The van der Waals surface area contributed by atoms with E-state index in [4.69, 9.17) is 0 Å². The zero-order chi connectivity index (χ0) is 24.8. The molecule has 4 rings (SSSR count). The fraction of sp³-hybridized carbons (Fsp3) is 0.185. The highest BCUT2D eigenvalue weighted by molar-refractivity contribution is 7.92. The lowest BCUT2D eigenvalue weighted by molar-refractivity contribution is 0.0793. The molecule has 0 radical (unpaired) electrons. The van der Waals surface area contributed by atoms with E-state index in [9.17, 15) is 13.2 Å². The molecule has 0 saturated heterocycles. The van der Waals surface area contributed by atoms with Gasteiger partial charge >= 0.3 is 0 Å². The first-order valence-corrected chi connectivity index (χ1v) is 12.8. The van der Waals surface area contributed by atoms with Gasteiger partial charge in [-0.05, 0) is 55.3 Å². The highest BCUT2D eigenvalue weighted by Crippen LogP contribution is 2.22. The van der Waals surface area contributed by atoms with Crippen LogP contribution in [0.5, 0.6) is 0 Å². The smallest absolute Gasteiger partial charge is 0.264 e. The monoisotopic (exact) mass is 488 g/mol. The second-order valence-corrected chi connectivity index (χ2v) is 10.3. The molecule has 35 heavy (non-hydrogen) atoms. The Labute approximate surface area is 206 Å². The normalized spacial score (nSPS) is 11.3. The van der Waals surface area contributed by atoms with E-state index in [2.05, 4.69) is 10.2 Å². The molecule has 0 aliphatic rings. The Hall–Kier alpha value is -3.91. The van der Waals surface area contributed by atoms with E-state index in [0.717, 1.165) is 29.8 Å². The van der Waals surface area contributed by atoms with Crippen LogP contribution in [0.2, 0.25) is 0 Å². The summed E-state index contributed by atoms with van der Waals surface area (Å²) in [6.45, 7) is 0.565. The third-order valence-electron chi connectivity index (χ3n) is 5.87. The zero-order valence-corrected chi connectivity index (χ0v) is 20.6. The molecule has 0 bridgehead atoms. The summed E-state index contributed by atoms with van der Waals surface area (Å²) in [6.07, 6.45) is 1.54. The molecule has 0 atom stereocenters. The van der Waals surface area contributed by atoms with Crippen LogP contribution in [0.4, 0.5) is 5.69 Å². The molecule has 1 heterocycles. The van der Waals surface area contributed by atoms with Crippen LogP contribution in [0.25, 0.3) is 11.3 Å². The number of aromatic nitrogens is 2. The zero-order valence-electron chi connectivity index (χ0n) is 19.8. The molecular weight excluding hydrogens is 460 g/mol. The number of aromatic amines is 1. The van der Waals surface area contributed by atoms with Gasteiger partial charge in [-0.1, -0.05) is 48.5 Å². The fourth-order valence-corrected chi connectivity index (χ4v) is 4.97. The number of amides is 1. The molecular formula is C27H28N4O3S. The van der Waals surface area contributed by atoms with Gasteiger partial charge in [-0.3, -0.25) is 14.2 Å². The Morgan fingerprint density at radius 2 is 1.51 bits per heavy atom. The van der Waals surface area contributed by atoms with Crippen LogP contribution < -0.4 is 4.31 Å². The highest BCUT2D eigenvalue weighted by Gasteiger charge is 2.22. The third kappa shape index (κ3) is 5.60. The van der Waals surface area contributed by atoms with E-state index < -0.39 is 10.0 Å². The largest absolute Gasteiger partial charge is 0.342 e. The number of nitrogens with one attached hydrogen (secondary N) is 1. The molecule has 3 aromatic carbocycles. The van der Waals surface area contributed by atoms with Gasteiger partial charge in [0, 0.05) is 37.5 Å². The van der Waals surface area contributed by atoms with Crippen molar-refractivity contribution in [1.82, 2.24) is 15.1 Å². The molecule has 180 valence electrons. The Balaban J connectivity index is 1.33. The van der Waals surface area contributed by atoms with Gasteiger partial charge in [0.25, 0.3) is 15.9 Å². The van der Waals surface area contributed by atoms with Crippen LogP contribution in [0.3, 0.4) is 0 Å². The van der Waals surface area contributed by atoms with Crippen molar-refractivity contribution in [3.8, 4) is 11.3 Å². The van der Waals surface area contributed by atoms with E-state index in [1.54, 1.807) is 48.3 Å². The van der Waals surface area contributed by atoms with Gasteiger partial charge in [0.15, 0.2) is 0 Å². The number of hydrogen-bond donors (Lipinski definition) is 1. The number of anilines is 1. The number of carbonyl (C=O) groups excluding carboxylic acids is 1. The van der Waals surface area contributed by atoms with Crippen LogP contribution in [0.15, 0.2) is 95.9 Å². The molecule has 0 aliphatic heterocycles. The SMILES string of the molecule is CN(CCCc1cc(-c2ccccc2)n[nH]1)C(=O)c1ccc(S(=O)(=O)N(C)c2ccccc2)cc1. The minimum atomic E-state index is -3.72. The fourth-order valence-electron chi connectivity index (χ4n) is 3.78. The van der Waals surface area contributed by atoms with Crippen molar-refractivity contribution in [3.63, 3.8) is 0 Å². The second-order valence-electron chi connectivity index (χ2n) is 8.31. The number of hydrogen-bond acceptors (Lipinski definition) is 4. The van der Waals surface area contributed by atoms with Gasteiger partial charge < -0.3 is 4.90 Å². The van der Waals surface area contributed by atoms with Crippen molar-refractivity contribution < 1.29 is 13.2 Å². The summed E-state index contributed by atoms with van der Waals surface area (Å²) in [4.78, 5) is 14.6. The van der Waals surface area contributed by atoms with Crippen LogP contribution in [0, 0.1) is 0 Å². The number of H-pyrrole nitrogens is 1. The first kappa shape index (κ1) is 24.2. The van der Waals surface area contributed by atoms with Crippen molar-refractivity contribution in [2.75, 3.05) is 24.9 Å². The standard InChI is InChI=1S/C27H28N4O3S/c1-30(19-9-12-23-20-26(29-28-23)21-10-5-3-6-11-21)27(32)22-15-17-25(18-16-22)35(33,34)31(2)24-13-7-4-8-14-24/h3-8,10-11,13-18,20H,9,12,19H2,1-2H3,(H,28,29). The lowest BCUT2D eigenvalue weighted by atomic mass is 10.1. The second kappa shape index (κ2) is 10.6.